The topological polar surface area (TPSA) is 53.5 Å². The number of amides is 1. The largest absolute Gasteiger partial charge is 0.364 e. The maximum absolute atomic E-state index is 11.5. The molecule has 0 saturated heterocycles. The van der Waals surface area contributed by atoms with Gasteiger partial charge in [0, 0.05) is 24.3 Å². The number of nitrogens with zero attached hydrogens (tertiary/aromatic N) is 1. The monoisotopic (exact) mass is 283 g/mol. The highest BCUT2D eigenvalue weighted by molar-refractivity contribution is 8.14. The predicted molar refractivity (Wildman–Crippen MR) is 81.5 cm³/mol. The first kappa shape index (κ1) is 14.7. The van der Waals surface area contributed by atoms with Crippen LogP contribution in [0.4, 0.5) is 0 Å². The van der Waals surface area contributed by atoms with Gasteiger partial charge in [0.05, 0.1) is 6.54 Å². The van der Waals surface area contributed by atoms with E-state index in [1.165, 1.54) is 6.42 Å². The lowest BCUT2D eigenvalue weighted by Crippen LogP contribution is -2.30. The second-order valence-electron chi connectivity index (χ2n) is 6.67. The molecule has 19 heavy (non-hydrogen) atoms. The highest BCUT2D eigenvalue weighted by Crippen LogP contribution is 2.31. The van der Waals surface area contributed by atoms with Crippen molar-refractivity contribution in [3.05, 3.63) is 0 Å². The molecule has 1 amide bonds. The van der Waals surface area contributed by atoms with E-state index in [-0.39, 0.29) is 5.91 Å². The molecular formula is C14H25N3OS. The van der Waals surface area contributed by atoms with Gasteiger partial charge >= 0.3 is 0 Å². The quantitative estimate of drug-likeness (QED) is 0.813. The molecule has 0 aromatic carbocycles. The highest BCUT2D eigenvalue weighted by Gasteiger charge is 2.25. The van der Waals surface area contributed by atoms with Crippen molar-refractivity contribution in [2.45, 2.75) is 57.7 Å². The van der Waals surface area contributed by atoms with Crippen molar-refractivity contribution in [2.24, 2.45) is 10.4 Å². The lowest BCUT2D eigenvalue weighted by Gasteiger charge is -2.21. The minimum Gasteiger partial charge on any atom is -0.364 e. The first-order valence-corrected chi connectivity index (χ1v) is 8.05. The summed E-state index contributed by atoms with van der Waals surface area (Å²) in [6.45, 7) is 8.38. The van der Waals surface area contributed by atoms with Crippen molar-refractivity contribution in [1.82, 2.24) is 10.6 Å². The molecular weight excluding hydrogens is 258 g/mol. The predicted octanol–water partition coefficient (Wildman–Crippen LogP) is 2.15. The number of amidine groups is 1. The number of nitrogens with one attached hydrogen (secondary N) is 2. The number of thioether (sulfide) groups is 1. The van der Waals surface area contributed by atoms with Gasteiger partial charge in [0.1, 0.15) is 0 Å². The molecule has 0 radical (unpaired) electrons. The fraction of sp³-hybridized carbons (Fsp3) is 0.857. The van der Waals surface area contributed by atoms with Crippen LogP contribution in [0.1, 0.15) is 46.5 Å². The molecule has 1 unspecified atom stereocenters. The average molecular weight is 283 g/mol. The van der Waals surface area contributed by atoms with Crippen LogP contribution in [0, 0.1) is 5.41 Å². The maximum Gasteiger partial charge on any atom is 0.221 e. The molecule has 5 heteroatoms. The minimum absolute atomic E-state index is 0.157. The number of hydrogen-bond donors (Lipinski definition) is 2. The molecule has 1 aliphatic heterocycles. The van der Waals surface area contributed by atoms with Gasteiger partial charge in [-0.05, 0) is 24.7 Å². The Morgan fingerprint density at radius 2 is 2.16 bits per heavy atom. The van der Waals surface area contributed by atoms with E-state index in [9.17, 15) is 4.79 Å². The van der Waals surface area contributed by atoms with Gasteiger partial charge in [0.15, 0.2) is 5.17 Å². The molecule has 1 aliphatic carbocycles. The molecule has 2 aliphatic rings. The molecule has 1 fully saturated rings. The Morgan fingerprint density at radius 3 is 2.79 bits per heavy atom. The Morgan fingerprint density at radius 1 is 1.42 bits per heavy atom. The Kier molecular flexibility index (Phi) is 4.76. The second-order valence-corrected chi connectivity index (χ2v) is 7.96. The molecule has 1 saturated carbocycles. The molecule has 2 rings (SSSR count). The summed E-state index contributed by atoms with van der Waals surface area (Å²) in [4.78, 5) is 16.0. The van der Waals surface area contributed by atoms with Crippen molar-refractivity contribution in [2.75, 3.05) is 13.1 Å². The van der Waals surface area contributed by atoms with Crippen LogP contribution < -0.4 is 10.6 Å². The molecule has 108 valence electrons. The third-order valence-corrected chi connectivity index (χ3v) is 4.27. The zero-order valence-corrected chi connectivity index (χ0v) is 13.0. The number of carbonyl (C=O) groups excluding carboxylic acids is 1. The third kappa shape index (κ3) is 5.85. The summed E-state index contributed by atoms with van der Waals surface area (Å²) in [5, 5.41) is 7.86. The molecule has 1 heterocycles. The number of rotatable bonds is 5. The second kappa shape index (κ2) is 6.16. The van der Waals surface area contributed by atoms with Gasteiger partial charge < -0.3 is 10.6 Å². The zero-order valence-electron chi connectivity index (χ0n) is 12.2. The van der Waals surface area contributed by atoms with Gasteiger partial charge in [-0.3, -0.25) is 9.79 Å². The van der Waals surface area contributed by atoms with Gasteiger partial charge in [0.25, 0.3) is 0 Å². The lowest BCUT2D eigenvalue weighted by molar-refractivity contribution is -0.121. The van der Waals surface area contributed by atoms with Gasteiger partial charge in [-0.1, -0.05) is 32.5 Å². The standard InChI is InChI=1S/C14H25N3OS/c1-14(2,3)8-11-9-16-13(19-11)15-7-6-12(18)17-10-4-5-10/h10-11H,4-9H2,1-3H3,(H,15,16)(H,17,18). The fourth-order valence-corrected chi connectivity index (χ4v) is 3.50. The Hall–Kier alpha value is -0.710. The van der Waals surface area contributed by atoms with Crippen molar-refractivity contribution < 1.29 is 4.79 Å². The van der Waals surface area contributed by atoms with Gasteiger partial charge in [0.2, 0.25) is 5.91 Å². The lowest BCUT2D eigenvalue weighted by atomic mass is 9.90. The summed E-state index contributed by atoms with van der Waals surface area (Å²) in [6.07, 6.45) is 4.01. The molecule has 0 spiro atoms. The van der Waals surface area contributed by atoms with E-state index in [0.29, 0.717) is 29.7 Å². The third-order valence-electron chi connectivity index (χ3n) is 3.13. The van der Waals surface area contributed by atoms with E-state index >= 15 is 0 Å². The van der Waals surface area contributed by atoms with Crippen LogP contribution in [-0.4, -0.2) is 35.5 Å². The summed E-state index contributed by atoms with van der Waals surface area (Å²) in [5.41, 5.74) is 0.354. The van der Waals surface area contributed by atoms with Crippen LogP contribution in [0.5, 0.6) is 0 Å². The summed E-state index contributed by atoms with van der Waals surface area (Å²) in [7, 11) is 0. The Bertz CT molecular complexity index is 358. The summed E-state index contributed by atoms with van der Waals surface area (Å²) in [5.74, 6) is 0.157. The van der Waals surface area contributed by atoms with E-state index in [1.807, 2.05) is 11.8 Å². The molecule has 0 aromatic heterocycles. The molecule has 0 bridgehead atoms. The van der Waals surface area contributed by atoms with E-state index < -0.39 is 0 Å². The first-order valence-electron chi connectivity index (χ1n) is 7.17. The molecule has 1 atom stereocenters. The number of hydrogen-bond acceptors (Lipinski definition) is 4. The van der Waals surface area contributed by atoms with E-state index in [0.717, 1.165) is 24.6 Å². The molecule has 2 N–H and O–H groups in total. The SMILES string of the molecule is CC(C)(C)CC1CN=C(NCCC(=O)NC2CC2)S1. The van der Waals surface area contributed by atoms with E-state index in [2.05, 4.69) is 36.4 Å². The van der Waals surface area contributed by atoms with Crippen LogP contribution in [0.3, 0.4) is 0 Å². The first-order chi connectivity index (χ1) is 8.92. The number of carbonyl (C=O) groups is 1. The molecule has 0 aromatic rings. The van der Waals surface area contributed by atoms with Crippen LogP contribution in [0.2, 0.25) is 0 Å². The average Bonchev–Trinajstić information content (AvgIpc) is 2.97. The smallest absolute Gasteiger partial charge is 0.221 e. The van der Waals surface area contributed by atoms with Crippen molar-refractivity contribution in [3.8, 4) is 0 Å². The van der Waals surface area contributed by atoms with Gasteiger partial charge in [-0.15, -0.1) is 0 Å². The summed E-state index contributed by atoms with van der Waals surface area (Å²) >= 11 is 1.82. The highest BCUT2D eigenvalue weighted by atomic mass is 32.2. The minimum atomic E-state index is 0.157. The Balaban J connectivity index is 1.58. The molecule has 4 nitrogen and oxygen atoms in total. The van der Waals surface area contributed by atoms with Crippen LogP contribution in [-0.2, 0) is 4.79 Å². The Labute approximate surface area is 120 Å². The zero-order chi connectivity index (χ0) is 13.9. The van der Waals surface area contributed by atoms with E-state index in [4.69, 9.17) is 0 Å². The normalized spacial score (nSPS) is 23.1. The summed E-state index contributed by atoms with van der Waals surface area (Å²) < 4.78 is 0. The van der Waals surface area contributed by atoms with Crippen molar-refractivity contribution >= 4 is 22.8 Å². The van der Waals surface area contributed by atoms with Gasteiger partial charge in [-0.2, -0.15) is 0 Å². The van der Waals surface area contributed by atoms with Crippen molar-refractivity contribution in [1.29, 1.82) is 0 Å². The van der Waals surface area contributed by atoms with Crippen LogP contribution >= 0.6 is 11.8 Å². The van der Waals surface area contributed by atoms with Crippen molar-refractivity contribution in [3.63, 3.8) is 0 Å². The fourth-order valence-electron chi connectivity index (χ4n) is 2.11. The van der Waals surface area contributed by atoms with Gasteiger partial charge in [-0.25, -0.2) is 0 Å². The van der Waals surface area contributed by atoms with Crippen LogP contribution in [0.25, 0.3) is 0 Å². The van der Waals surface area contributed by atoms with E-state index in [1.54, 1.807) is 0 Å². The summed E-state index contributed by atoms with van der Waals surface area (Å²) in [6, 6.07) is 0.460. The maximum atomic E-state index is 11.5. The van der Waals surface area contributed by atoms with Crippen LogP contribution in [0.15, 0.2) is 4.99 Å². The number of aliphatic imine (C=N–C) groups is 1.